The second kappa shape index (κ2) is 25.1. The molecule has 172 valence electrons. The Morgan fingerprint density at radius 2 is 0.867 bits per heavy atom. The molecular weight excluding hydrogens is 376 g/mol. The molecule has 0 saturated heterocycles. The molecule has 0 unspecified atom stereocenters. The quantitative estimate of drug-likeness (QED) is 0.275. The van der Waals surface area contributed by atoms with Crippen LogP contribution in [0, 0.1) is 0 Å². The molecule has 0 aromatic carbocycles. The lowest BCUT2D eigenvalue weighted by atomic mass is 10.0. The highest BCUT2D eigenvalue weighted by atomic mass is 16.4. The maximum Gasteiger partial charge on any atom is 0.303 e. The minimum atomic E-state index is -0.653. The molecular formula is C26H44O4. The summed E-state index contributed by atoms with van der Waals surface area (Å²) < 4.78 is 9.17. The van der Waals surface area contributed by atoms with Crippen molar-refractivity contribution in [1.29, 1.82) is 0 Å². The Kier molecular flexibility index (Phi) is 23.4. The summed E-state index contributed by atoms with van der Waals surface area (Å²) in [5.74, 6) is -0.653. The highest BCUT2D eigenvalue weighted by Crippen LogP contribution is 2.13. The number of furan rings is 2. The first-order valence-corrected chi connectivity index (χ1v) is 11.9. The molecule has 0 saturated carbocycles. The minimum absolute atomic E-state index is 0.345. The number of rotatable bonds is 16. The third-order valence-electron chi connectivity index (χ3n) is 4.84. The van der Waals surface area contributed by atoms with Crippen LogP contribution in [0.2, 0.25) is 0 Å². The van der Waals surface area contributed by atoms with Gasteiger partial charge in [0.1, 0.15) is 0 Å². The van der Waals surface area contributed by atoms with Crippen LogP contribution in [-0.2, 0) is 4.79 Å². The summed E-state index contributed by atoms with van der Waals surface area (Å²) in [6.07, 6.45) is 26.7. The van der Waals surface area contributed by atoms with E-state index >= 15 is 0 Å². The number of carboxylic acid groups (broad SMARTS) is 1. The number of hydrogen-bond donors (Lipinski definition) is 1. The molecule has 4 heteroatoms. The molecule has 1 N–H and O–H groups in total. The molecule has 2 heterocycles. The summed E-state index contributed by atoms with van der Waals surface area (Å²) in [4.78, 5) is 10.3. The van der Waals surface area contributed by atoms with Gasteiger partial charge in [0, 0.05) is 6.42 Å². The molecule has 0 aliphatic carbocycles. The Morgan fingerprint density at radius 1 is 0.567 bits per heavy atom. The van der Waals surface area contributed by atoms with E-state index in [2.05, 4.69) is 15.8 Å². The summed E-state index contributed by atoms with van der Waals surface area (Å²) in [6, 6.07) is 7.33. The van der Waals surface area contributed by atoms with Crippen molar-refractivity contribution < 1.29 is 18.7 Å². The van der Waals surface area contributed by atoms with Gasteiger partial charge in [-0.1, -0.05) is 96.8 Å². The van der Waals surface area contributed by atoms with Crippen LogP contribution in [0.4, 0.5) is 0 Å². The van der Waals surface area contributed by atoms with Gasteiger partial charge in [-0.3, -0.25) is 4.79 Å². The predicted octanol–water partition coefficient (Wildman–Crippen LogP) is 8.89. The van der Waals surface area contributed by atoms with E-state index in [1.807, 2.05) is 24.3 Å². The normalized spacial score (nSPS) is 9.90. The highest BCUT2D eigenvalue weighted by Gasteiger charge is 1.97. The van der Waals surface area contributed by atoms with E-state index in [4.69, 9.17) is 5.11 Å². The average molecular weight is 421 g/mol. The van der Waals surface area contributed by atoms with Crippen molar-refractivity contribution in [1.82, 2.24) is 0 Å². The fourth-order valence-electron chi connectivity index (χ4n) is 3.10. The Labute approximate surface area is 184 Å². The summed E-state index contributed by atoms with van der Waals surface area (Å²) in [5, 5.41) is 8.52. The van der Waals surface area contributed by atoms with E-state index in [1.165, 1.54) is 83.5 Å². The van der Waals surface area contributed by atoms with Gasteiger partial charge in [0.05, 0.1) is 25.1 Å². The lowest BCUT2D eigenvalue weighted by molar-refractivity contribution is -0.137. The van der Waals surface area contributed by atoms with Gasteiger partial charge in [-0.05, 0) is 30.7 Å². The van der Waals surface area contributed by atoms with Crippen molar-refractivity contribution >= 4 is 5.97 Å². The van der Waals surface area contributed by atoms with E-state index in [1.54, 1.807) is 25.1 Å². The first-order chi connectivity index (χ1) is 14.8. The third-order valence-corrected chi connectivity index (χ3v) is 4.84. The van der Waals surface area contributed by atoms with Crippen molar-refractivity contribution in [2.75, 3.05) is 0 Å². The zero-order chi connectivity index (χ0) is 22.0. The van der Waals surface area contributed by atoms with Crippen LogP contribution >= 0.6 is 0 Å². The predicted molar refractivity (Wildman–Crippen MR) is 125 cm³/mol. The molecule has 0 atom stereocenters. The van der Waals surface area contributed by atoms with Crippen LogP contribution in [-0.4, -0.2) is 11.1 Å². The summed E-state index contributed by atoms with van der Waals surface area (Å²) in [7, 11) is 0. The van der Waals surface area contributed by atoms with Crippen LogP contribution in [0.3, 0.4) is 0 Å². The molecule has 0 aliphatic heterocycles. The second-order valence-electron chi connectivity index (χ2n) is 7.68. The van der Waals surface area contributed by atoms with E-state index in [9.17, 15) is 4.79 Å². The number of hydrogen-bond acceptors (Lipinski definition) is 3. The van der Waals surface area contributed by atoms with Crippen molar-refractivity contribution in [2.24, 2.45) is 0 Å². The lowest BCUT2D eigenvalue weighted by Crippen LogP contribution is -1.93. The summed E-state index contributed by atoms with van der Waals surface area (Å²) in [6.45, 7) is 2.27. The van der Waals surface area contributed by atoms with Gasteiger partial charge < -0.3 is 13.9 Å². The standard InChI is InChI=1S/C18H36O2.2C4H4O/c1-2-3-4-5-6-7-8-9-10-11-12-13-14-15-16-17-18(19)20;2*1-2-4-5-3-1/h2-17H2,1H3,(H,19,20);2*1-4H. The van der Waals surface area contributed by atoms with Crippen molar-refractivity contribution in [2.45, 2.75) is 110 Å². The van der Waals surface area contributed by atoms with Gasteiger partial charge in [-0.2, -0.15) is 0 Å². The maximum absolute atomic E-state index is 10.3. The van der Waals surface area contributed by atoms with Gasteiger partial charge in [0.25, 0.3) is 0 Å². The van der Waals surface area contributed by atoms with Crippen LogP contribution in [0.15, 0.2) is 58.2 Å². The van der Waals surface area contributed by atoms with Gasteiger partial charge in [-0.25, -0.2) is 0 Å². The number of carboxylic acids is 1. The molecule has 0 amide bonds. The zero-order valence-corrected chi connectivity index (χ0v) is 19.1. The first kappa shape index (κ1) is 28.0. The van der Waals surface area contributed by atoms with Crippen LogP contribution in [0.25, 0.3) is 0 Å². The maximum atomic E-state index is 10.3. The molecule has 0 fully saturated rings. The van der Waals surface area contributed by atoms with Gasteiger partial charge >= 0.3 is 5.97 Å². The molecule has 2 aromatic rings. The Hall–Kier alpha value is -1.97. The van der Waals surface area contributed by atoms with E-state index < -0.39 is 5.97 Å². The van der Waals surface area contributed by atoms with E-state index in [0.29, 0.717) is 6.42 Å². The SMILES string of the molecule is CCCCCCCCCCCCCCCCCC(=O)O.c1ccoc1.c1ccoc1. The first-order valence-electron chi connectivity index (χ1n) is 11.9. The van der Waals surface area contributed by atoms with Crippen molar-refractivity contribution in [3.8, 4) is 0 Å². The van der Waals surface area contributed by atoms with E-state index in [-0.39, 0.29) is 0 Å². The third kappa shape index (κ3) is 26.0. The van der Waals surface area contributed by atoms with Gasteiger partial charge in [0.2, 0.25) is 0 Å². The molecule has 30 heavy (non-hydrogen) atoms. The molecule has 0 spiro atoms. The largest absolute Gasteiger partial charge is 0.481 e. The summed E-state index contributed by atoms with van der Waals surface area (Å²) >= 11 is 0. The number of unbranched alkanes of at least 4 members (excludes halogenated alkanes) is 14. The average Bonchev–Trinajstić information content (AvgIpc) is 3.49. The molecule has 0 radical (unpaired) electrons. The molecule has 4 nitrogen and oxygen atoms in total. The Morgan fingerprint density at radius 3 is 1.10 bits per heavy atom. The van der Waals surface area contributed by atoms with Crippen LogP contribution in [0.1, 0.15) is 110 Å². The highest BCUT2D eigenvalue weighted by molar-refractivity contribution is 5.66. The minimum Gasteiger partial charge on any atom is -0.481 e. The molecule has 2 aromatic heterocycles. The fourth-order valence-corrected chi connectivity index (χ4v) is 3.10. The lowest BCUT2D eigenvalue weighted by Gasteiger charge is -2.03. The Bertz CT molecular complexity index is 444. The molecule has 0 aliphatic rings. The molecule has 2 rings (SSSR count). The van der Waals surface area contributed by atoms with Gasteiger partial charge in [-0.15, -0.1) is 0 Å². The van der Waals surface area contributed by atoms with Crippen molar-refractivity contribution in [3.63, 3.8) is 0 Å². The second-order valence-corrected chi connectivity index (χ2v) is 7.68. The monoisotopic (exact) mass is 420 g/mol. The summed E-state index contributed by atoms with van der Waals surface area (Å²) in [5.41, 5.74) is 0. The number of aliphatic carboxylic acids is 1. The molecule has 0 bridgehead atoms. The van der Waals surface area contributed by atoms with Crippen molar-refractivity contribution in [3.05, 3.63) is 49.3 Å². The fraction of sp³-hybridized carbons (Fsp3) is 0.654. The smallest absolute Gasteiger partial charge is 0.303 e. The van der Waals surface area contributed by atoms with Gasteiger partial charge in [0.15, 0.2) is 0 Å². The van der Waals surface area contributed by atoms with E-state index in [0.717, 1.165) is 12.8 Å². The topological polar surface area (TPSA) is 63.6 Å². The van der Waals surface area contributed by atoms with Crippen LogP contribution in [0.5, 0.6) is 0 Å². The number of carbonyl (C=O) groups is 1. The van der Waals surface area contributed by atoms with Crippen LogP contribution < -0.4 is 0 Å². The zero-order valence-electron chi connectivity index (χ0n) is 19.1. The Balaban J connectivity index is 0.000000667.